The Morgan fingerprint density at radius 3 is 2.48 bits per heavy atom. The van der Waals surface area contributed by atoms with E-state index in [2.05, 4.69) is 27.7 Å². The Labute approximate surface area is 186 Å². The molecule has 5 nitrogen and oxygen atoms in total. The van der Waals surface area contributed by atoms with Gasteiger partial charge in [-0.25, -0.2) is 9.37 Å². The molecule has 1 aromatic heterocycles. The first-order chi connectivity index (χ1) is 14.9. The minimum Gasteiger partial charge on any atom is -0.377 e. The van der Waals surface area contributed by atoms with Gasteiger partial charge in [-0.15, -0.1) is 0 Å². The second-order valence-electron chi connectivity index (χ2n) is 8.23. The van der Waals surface area contributed by atoms with Crippen LogP contribution in [0.25, 0.3) is 10.9 Å². The number of anilines is 2. The number of nitrogens with zero attached hydrogens (tertiary/aromatic N) is 2. The largest absolute Gasteiger partial charge is 0.377 e. The van der Waals surface area contributed by atoms with E-state index >= 15 is 0 Å². The molecule has 0 atom stereocenters. The van der Waals surface area contributed by atoms with E-state index in [1.54, 1.807) is 0 Å². The summed E-state index contributed by atoms with van der Waals surface area (Å²) in [5, 5.41) is 7.87. The highest BCUT2D eigenvalue weighted by Crippen LogP contribution is 2.29. The first-order valence-electron chi connectivity index (χ1n) is 10.5. The van der Waals surface area contributed by atoms with Gasteiger partial charge in [0, 0.05) is 43.3 Å². The van der Waals surface area contributed by atoms with Gasteiger partial charge in [0.25, 0.3) is 5.91 Å². The molecule has 0 saturated heterocycles. The van der Waals surface area contributed by atoms with E-state index < -0.39 is 5.82 Å². The molecule has 1 amide bonds. The molecule has 0 spiro atoms. The van der Waals surface area contributed by atoms with Crippen molar-refractivity contribution >= 4 is 39.9 Å². The van der Waals surface area contributed by atoms with Crippen LogP contribution in [0.15, 0.2) is 48.5 Å². The molecule has 1 aliphatic rings. The van der Waals surface area contributed by atoms with Gasteiger partial charge in [0.1, 0.15) is 11.6 Å². The van der Waals surface area contributed by atoms with Crippen molar-refractivity contribution in [2.24, 2.45) is 0 Å². The van der Waals surface area contributed by atoms with E-state index in [4.69, 9.17) is 16.6 Å². The Morgan fingerprint density at radius 2 is 1.77 bits per heavy atom. The summed E-state index contributed by atoms with van der Waals surface area (Å²) in [7, 11) is 4.07. The molecule has 1 fully saturated rings. The Hall–Kier alpha value is -2.86. The number of carbonyl (C=O) groups excluding carboxylic acids is 1. The van der Waals surface area contributed by atoms with Crippen LogP contribution in [0.5, 0.6) is 0 Å². The second-order valence-corrected chi connectivity index (χ2v) is 8.64. The molecule has 0 bridgehead atoms. The number of nitrogens with one attached hydrogen (secondary N) is 2. The molecule has 4 rings (SSSR count). The standard InChI is InChI=1S/C24H26ClFN4O/c1-30(2)22-14-23(29-21-6-4-3-5-19(21)22)27-16-8-10-17(11-9-16)28-24(31)18-12-7-15(26)13-20(18)25/h3-7,12-14,16-17H,8-11H2,1-2H3,(H,27,29)(H,28,31)/t16-,17+. The van der Waals surface area contributed by atoms with Crippen molar-refractivity contribution in [1.82, 2.24) is 10.3 Å². The van der Waals surface area contributed by atoms with E-state index in [-0.39, 0.29) is 17.0 Å². The Bertz CT molecular complexity index is 1100. The van der Waals surface area contributed by atoms with E-state index in [0.717, 1.165) is 54.2 Å². The third-order valence-electron chi connectivity index (χ3n) is 5.77. The lowest BCUT2D eigenvalue weighted by atomic mass is 9.91. The van der Waals surface area contributed by atoms with Crippen molar-refractivity contribution in [3.63, 3.8) is 0 Å². The van der Waals surface area contributed by atoms with E-state index in [9.17, 15) is 9.18 Å². The number of aromatic nitrogens is 1. The summed E-state index contributed by atoms with van der Waals surface area (Å²) in [6.45, 7) is 0. The normalized spacial score (nSPS) is 18.6. The molecule has 3 aromatic rings. The fourth-order valence-corrected chi connectivity index (χ4v) is 4.38. The van der Waals surface area contributed by atoms with Gasteiger partial charge in [-0.2, -0.15) is 0 Å². The maximum atomic E-state index is 13.2. The Kier molecular flexibility index (Phi) is 6.28. The van der Waals surface area contributed by atoms with Crippen LogP contribution in [0.1, 0.15) is 36.0 Å². The number of amides is 1. The smallest absolute Gasteiger partial charge is 0.253 e. The highest BCUT2D eigenvalue weighted by Gasteiger charge is 2.24. The maximum absolute atomic E-state index is 13.2. The molecule has 31 heavy (non-hydrogen) atoms. The van der Waals surface area contributed by atoms with Crippen molar-refractivity contribution in [1.29, 1.82) is 0 Å². The quantitative estimate of drug-likeness (QED) is 0.569. The molecular formula is C24H26ClFN4O. The van der Waals surface area contributed by atoms with E-state index in [1.165, 1.54) is 12.1 Å². The summed E-state index contributed by atoms with van der Waals surface area (Å²) in [6.07, 6.45) is 3.56. The molecule has 0 radical (unpaired) electrons. The molecule has 1 heterocycles. The van der Waals surface area contributed by atoms with Crippen LogP contribution in [-0.2, 0) is 0 Å². The third kappa shape index (κ3) is 4.90. The van der Waals surface area contributed by atoms with Crippen LogP contribution in [0.2, 0.25) is 5.02 Å². The SMILES string of the molecule is CN(C)c1cc(N[C@H]2CC[C@@H](NC(=O)c3ccc(F)cc3Cl)CC2)nc2ccccc12. The molecule has 1 aliphatic carbocycles. The predicted molar refractivity (Wildman–Crippen MR) is 125 cm³/mol. The fourth-order valence-electron chi connectivity index (χ4n) is 4.13. The predicted octanol–water partition coefficient (Wildman–Crippen LogP) is 5.25. The molecule has 2 aromatic carbocycles. The molecule has 1 saturated carbocycles. The van der Waals surface area contributed by atoms with Crippen molar-refractivity contribution < 1.29 is 9.18 Å². The van der Waals surface area contributed by atoms with Gasteiger partial charge >= 0.3 is 0 Å². The average Bonchev–Trinajstić information content (AvgIpc) is 2.74. The van der Waals surface area contributed by atoms with Gasteiger partial charge in [0.15, 0.2) is 0 Å². The molecule has 0 aliphatic heterocycles. The number of hydrogen-bond acceptors (Lipinski definition) is 4. The van der Waals surface area contributed by atoms with Crippen molar-refractivity contribution in [2.45, 2.75) is 37.8 Å². The fraction of sp³-hybridized carbons (Fsp3) is 0.333. The minimum atomic E-state index is -0.451. The monoisotopic (exact) mass is 440 g/mol. The van der Waals surface area contributed by atoms with Gasteiger partial charge in [0.05, 0.1) is 16.1 Å². The molecular weight excluding hydrogens is 415 g/mol. The average molecular weight is 441 g/mol. The lowest BCUT2D eigenvalue weighted by Gasteiger charge is -2.30. The number of para-hydroxylation sites is 1. The number of pyridine rings is 1. The van der Waals surface area contributed by atoms with Gasteiger partial charge in [-0.3, -0.25) is 4.79 Å². The molecule has 7 heteroatoms. The minimum absolute atomic E-state index is 0.0774. The van der Waals surface area contributed by atoms with Crippen LogP contribution in [0, 0.1) is 5.82 Å². The Morgan fingerprint density at radius 1 is 1.06 bits per heavy atom. The first kappa shape index (κ1) is 21.4. The summed E-state index contributed by atoms with van der Waals surface area (Å²) in [6, 6.07) is 14.4. The number of halogens is 2. The van der Waals surface area contributed by atoms with Gasteiger partial charge in [-0.05, 0) is 49.9 Å². The van der Waals surface area contributed by atoms with Crippen LogP contribution < -0.4 is 15.5 Å². The van der Waals surface area contributed by atoms with Crippen LogP contribution in [0.4, 0.5) is 15.9 Å². The van der Waals surface area contributed by atoms with Crippen molar-refractivity contribution in [3.05, 3.63) is 64.9 Å². The van der Waals surface area contributed by atoms with Crippen molar-refractivity contribution in [2.75, 3.05) is 24.3 Å². The van der Waals surface area contributed by atoms with Crippen molar-refractivity contribution in [3.8, 4) is 0 Å². The molecule has 162 valence electrons. The van der Waals surface area contributed by atoms with E-state index in [1.807, 2.05) is 32.3 Å². The molecule has 0 unspecified atom stereocenters. The number of benzene rings is 2. The summed E-state index contributed by atoms with van der Waals surface area (Å²) in [5.74, 6) is 0.161. The van der Waals surface area contributed by atoms with Crippen LogP contribution in [-0.4, -0.2) is 37.1 Å². The lowest BCUT2D eigenvalue weighted by Crippen LogP contribution is -2.40. The summed E-state index contributed by atoms with van der Waals surface area (Å²) >= 11 is 6.01. The highest BCUT2D eigenvalue weighted by molar-refractivity contribution is 6.33. The maximum Gasteiger partial charge on any atom is 0.253 e. The van der Waals surface area contributed by atoms with Crippen LogP contribution in [0.3, 0.4) is 0 Å². The number of hydrogen-bond donors (Lipinski definition) is 2. The number of rotatable bonds is 5. The van der Waals surface area contributed by atoms with Crippen LogP contribution >= 0.6 is 11.6 Å². The van der Waals surface area contributed by atoms with Gasteiger partial charge in [-0.1, -0.05) is 29.8 Å². The summed E-state index contributed by atoms with van der Waals surface area (Å²) < 4.78 is 13.2. The lowest BCUT2D eigenvalue weighted by molar-refractivity contribution is 0.0926. The third-order valence-corrected chi connectivity index (χ3v) is 6.08. The zero-order valence-corrected chi connectivity index (χ0v) is 18.4. The summed E-state index contributed by atoms with van der Waals surface area (Å²) in [4.78, 5) is 19.4. The summed E-state index contributed by atoms with van der Waals surface area (Å²) in [5.41, 5.74) is 2.40. The van der Waals surface area contributed by atoms with E-state index in [0.29, 0.717) is 11.6 Å². The van der Waals surface area contributed by atoms with Gasteiger partial charge in [0.2, 0.25) is 0 Å². The second kappa shape index (κ2) is 9.10. The van der Waals surface area contributed by atoms with Gasteiger partial charge < -0.3 is 15.5 Å². The highest BCUT2D eigenvalue weighted by atomic mass is 35.5. The topological polar surface area (TPSA) is 57.3 Å². The zero-order valence-electron chi connectivity index (χ0n) is 17.7. The zero-order chi connectivity index (χ0) is 22.0. The Balaban J connectivity index is 1.38. The molecule has 2 N–H and O–H groups in total. The number of fused-ring (bicyclic) bond motifs is 1. The first-order valence-corrected chi connectivity index (χ1v) is 10.9. The number of carbonyl (C=O) groups is 1.